The Hall–Kier alpha value is -3.48. The number of carbonyl (C=O) groups excluding carboxylic acids is 2. The van der Waals surface area contributed by atoms with Crippen LogP contribution in [0.2, 0.25) is 0 Å². The number of para-hydroxylation sites is 1. The molecular weight excluding hydrogens is 386 g/mol. The minimum absolute atomic E-state index is 0.0309. The van der Waals surface area contributed by atoms with Gasteiger partial charge in [0.25, 0.3) is 5.91 Å². The zero-order valence-corrected chi connectivity index (χ0v) is 17.5. The summed E-state index contributed by atoms with van der Waals surface area (Å²) in [6.07, 6.45) is 3.61. The molecule has 1 aliphatic heterocycles. The van der Waals surface area contributed by atoms with Gasteiger partial charge >= 0.3 is 5.97 Å². The van der Waals surface area contributed by atoms with Crippen LogP contribution in [-0.2, 0) is 20.7 Å². The molecule has 0 radical (unpaired) electrons. The Kier molecular flexibility index (Phi) is 6.61. The van der Waals surface area contributed by atoms with Gasteiger partial charge in [0.15, 0.2) is 18.1 Å². The van der Waals surface area contributed by atoms with E-state index in [2.05, 4.69) is 0 Å². The van der Waals surface area contributed by atoms with E-state index in [4.69, 9.17) is 18.9 Å². The zero-order chi connectivity index (χ0) is 21.7. The van der Waals surface area contributed by atoms with Gasteiger partial charge in [0, 0.05) is 17.8 Å². The molecule has 158 valence electrons. The maximum atomic E-state index is 12.6. The van der Waals surface area contributed by atoms with Crippen molar-refractivity contribution < 1.29 is 28.5 Å². The molecule has 0 aromatic heterocycles. The molecule has 1 amide bonds. The Morgan fingerprint density at radius 3 is 2.37 bits per heavy atom. The van der Waals surface area contributed by atoms with Gasteiger partial charge in [-0.2, -0.15) is 0 Å². The van der Waals surface area contributed by atoms with E-state index in [9.17, 15) is 9.59 Å². The molecule has 1 aliphatic rings. The Morgan fingerprint density at radius 1 is 1.07 bits per heavy atom. The predicted octanol–water partition coefficient (Wildman–Crippen LogP) is 3.25. The highest BCUT2D eigenvalue weighted by Gasteiger charge is 2.30. The second kappa shape index (κ2) is 9.35. The molecule has 2 aromatic carbocycles. The van der Waals surface area contributed by atoms with Crippen molar-refractivity contribution in [3.8, 4) is 17.2 Å². The molecule has 1 atom stereocenters. The van der Waals surface area contributed by atoms with E-state index in [0.717, 1.165) is 17.7 Å². The van der Waals surface area contributed by atoms with Crippen molar-refractivity contribution in [2.45, 2.75) is 19.4 Å². The van der Waals surface area contributed by atoms with E-state index in [1.165, 1.54) is 27.4 Å². The molecule has 0 saturated carbocycles. The molecule has 3 rings (SSSR count). The largest absolute Gasteiger partial charge is 0.493 e. The lowest BCUT2D eigenvalue weighted by Crippen LogP contribution is -2.38. The molecule has 2 aromatic rings. The number of anilines is 1. The number of hydrogen-bond donors (Lipinski definition) is 0. The summed E-state index contributed by atoms with van der Waals surface area (Å²) in [6, 6.07) is 11.2. The number of methoxy groups -OCH3 is 3. The highest BCUT2D eigenvalue weighted by molar-refractivity contribution is 5.98. The van der Waals surface area contributed by atoms with Crippen molar-refractivity contribution in [3.63, 3.8) is 0 Å². The molecule has 0 spiro atoms. The third-order valence-corrected chi connectivity index (χ3v) is 4.91. The quantitative estimate of drug-likeness (QED) is 0.514. The molecule has 0 aliphatic carbocycles. The van der Waals surface area contributed by atoms with Crippen molar-refractivity contribution in [3.05, 3.63) is 53.6 Å². The standard InChI is InChI=1S/C23H25NO6/c1-15-11-17-7-5-6-8-18(17)24(15)21(25)14-30-22(26)10-9-16-12-19(27-2)23(29-4)20(13-16)28-3/h5-10,12-13,15H,11,14H2,1-4H3/b10-9+/t15-/m0/s1. The van der Waals surface area contributed by atoms with Gasteiger partial charge in [-0.1, -0.05) is 18.2 Å². The molecule has 0 saturated heterocycles. The predicted molar refractivity (Wildman–Crippen MR) is 113 cm³/mol. The van der Waals surface area contributed by atoms with Gasteiger partial charge in [-0.15, -0.1) is 0 Å². The van der Waals surface area contributed by atoms with Crippen LogP contribution in [0.1, 0.15) is 18.1 Å². The monoisotopic (exact) mass is 411 g/mol. The first-order valence-corrected chi connectivity index (χ1v) is 9.53. The second-order valence-corrected chi connectivity index (χ2v) is 6.85. The van der Waals surface area contributed by atoms with E-state index in [1.807, 2.05) is 31.2 Å². The number of fused-ring (bicyclic) bond motifs is 1. The lowest BCUT2D eigenvalue weighted by molar-refractivity contribution is -0.143. The normalized spacial score (nSPS) is 15.1. The average molecular weight is 411 g/mol. The summed E-state index contributed by atoms with van der Waals surface area (Å²) < 4.78 is 21.0. The Morgan fingerprint density at radius 2 is 1.73 bits per heavy atom. The van der Waals surface area contributed by atoms with E-state index >= 15 is 0 Å². The first-order valence-electron chi connectivity index (χ1n) is 9.53. The van der Waals surface area contributed by atoms with Crippen LogP contribution in [0.4, 0.5) is 5.69 Å². The van der Waals surface area contributed by atoms with Crippen LogP contribution in [0.3, 0.4) is 0 Å². The number of esters is 1. The fourth-order valence-corrected chi connectivity index (χ4v) is 3.56. The maximum Gasteiger partial charge on any atom is 0.331 e. The van der Waals surface area contributed by atoms with Crippen molar-refractivity contribution >= 4 is 23.6 Å². The number of rotatable bonds is 7. The Balaban J connectivity index is 1.64. The van der Waals surface area contributed by atoms with E-state index in [1.54, 1.807) is 23.1 Å². The number of amides is 1. The minimum atomic E-state index is -0.614. The highest BCUT2D eigenvalue weighted by Crippen LogP contribution is 2.38. The molecular formula is C23H25NO6. The smallest absolute Gasteiger partial charge is 0.331 e. The van der Waals surface area contributed by atoms with E-state index < -0.39 is 5.97 Å². The number of carbonyl (C=O) groups is 2. The van der Waals surface area contributed by atoms with Crippen LogP contribution < -0.4 is 19.1 Å². The van der Waals surface area contributed by atoms with Gasteiger partial charge in [0.1, 0.15) is 0 Å². The molecule has 30 heavy (non-hydrogen) atoms. The molecule has 0 N–H and O–H groups in total. The van der Waals surface area contributed by atoms with Gasteiger partial charge < -0.3 is 23.8 Å². The van der Waals surface area contributed by atoms with Crippen LogP contribution in [-0.4, -0.2) is 45.9 Å². The summed E-state index contributed by atoms with van der Waals surface area (Å²) in [4.78, 5) is 26.4. The summed E-state index contributed by atoms with van der Waals surface area (Å²) in [7, 11) is 4.55. The summed E-state index contributed by atoms with van der Waals surface area (Å²) in [5, 5.41) is 0. The van der Waals surface area contributed by atoms with Crippen molar-refractivity contribution in [1.29, 1.82) is 0 Å². The van der Waals surface area contributed by atoms with Crippen LogP contribution >= 0.6 is 0 Å². The lowest BCUT2D eigenvalue weighted by Gasteiger charge is -2.22. The van der Waals surface area contributed by atoms with Gasteiger partial charge in [0.05, 0.1) is 21.3 Å². The minimum Gasteiger partial charge on any atom is -0.493 e. The van der Waals surface area contributed by atoms with Gasteiger partial charge in [-0.25, -0.2) is 4.79 Å². The fraction of sp³-hybridized carbons (Fsp3) is 0.304. The highest BCUT2D eigenvalue weighted by atomic mass is 16.5. The summed E-state index contributed by atoms with van der Waals surface area (Å²) in [5.74, 6) is 0.549. The lowest BCUT2D eigenvalue weighted by atomic mass is 10.1. The molecule has 0 bridgehead atoms. The average Bonchev–Trinajstić information content (AvgIpc) is 3.10. The molecule has 0 fully saturated rings. The summed E-state index contributed by atoms with van der Waals surface area (Å²) in [6.45, 7) is 1.65. The topological polar surface area (TPSA) is 74.3 Å². The SMILES string of the molecule is COc1cc(/C=C/C(=O)OCC(=O)N2c3ccccc3C[C@@H]2C)cc(OC)c1OC. The first kappa shape index (κ1) is 21.2. The summed E-state index contributed by atoms with van der Waals surface area (Å²) >= 11 is 0. The van der Waals surface area contributed by atoms with Gasteiger partial charge in [-0.3, -0.25) is 4.79 Å². The van der Waals surface area contributed by atoms with Crippen LogP contribution in [0, 0.1) is 0 Å². The first-order chi connectivity index (χ1) is 14.5. The van der Waals surface area contributed by atoms with E-state index in [0.29, 0.717) is 22.8 Å². The number of hydrogen-bond acceptors (Lipinski definition) is 6. The van der Waals surface area contributed by atoms with E-state index in [-0.39, 0.29) is 18.6 Å². The zero-order valence-electron chi connectivity index (χ0n) is 17.5. The van der Waals surface area contributed by atoms with Crippen LogP contribution in [0.15, 0.2) is 42.5 Å². The fourth-order valence-electron chi connectivity index (χ4n) is 3.56. The summed E-state index contributed by atoms with van der Waals surface area (Å²) in [5.41, 5.74) is 2.65. The Bertz CT molecular complexity index is 943. The van der Waals surface area contributed by atoms with Crippen molar-refractivity contribution in [1.82, 2.24) is 0 Å². The van der Waals surface area contributed by atoms with Gasteiger partial charge in [-0.05, 0) is 48.7 Å². The number of nitrogens with zero attached hydrogens (tertiary/aromatic N) is 1. The van der Waals surface area contributed by atoms with Crippen LogP contribution in [0.5, 0.6) is 17.2 Å². The van der Waals surface area contributed by atoms with Gasteiger partial charge in [0.2, 0.25) is 5.75 Å². The third-order valence-electron chi connectivity index (χ3n) is 4.91. The molecule has 1 heterocycles. The Labute approximate surface area is 175 Å². The number of ether oxygens (including phenoxy) is 4. The molecule has 0 unspecified atom stereocenters. The molecule has 7 nitrogen and oxygen atoms in total. The van der Waals surface area contributed by atoms with Crippen molar-refractivity contribution in [2.24, 2.45) is 0 Å². The number of benzene rings is 2. The van der Waals surface area contributed by atoms with Crippen LogP contribution in [0.25, 0.3) is 6.08 Å². The maximum absolute atomic E-state index is 12.6. The second-order valence-electron chi connectivity index (χ2n) is 6.85. The van der Waals surface area contributed by atoms with Crippen molar-refractivity contribution in [2.75, 3.05) is 32.8 Å². The third kappa shape index (κ3) is 4.40. The molecule has 7 heteroatoms.